The van der Waals surface area contributed by atoms with Crippen LogP contribution in [0.1, 0.15) is 19.3 Å². The minimum Gasteiger partial charge on any atom is -0.303 e. The Morgan fingerprint density at radius 2 is 2.38 bits per heavy atom. The van der Waals surface area contributed by atoms with Gasteiger partial charge in [-0.2, -0.15) is 5.26 Å². The van der Waals surface area contributed by atoms with Gasteiger partial charge < -0.3 is 4.90 Å². The predicted octanol–water partition coefficient (Wildman–Crippen LogP) is 0.584. The highest BCUT2D eigenvalue weighted by Crippen LogP contribution is 2.29. The van der Waals surface area contributed by atoms with Gasteiger partial charge >= 0.3 is 0 Å². The van der Waals surface area contributed by atoms with Crippen LogP contribution >= 0.6 is 0 Å². The van der Waals surface area contributed by atoms with Crippen molar-refractivity contribution in [2.45, 2.75) is 24.8 Å². The van der Waals surface area contributed by atoms with Crippen LogP contribution in [-0.2, 0) is 0 Å². The normalized spacial score (nSPS) is 34.8. The molecule has 0 spiro atoms. The summed E-state index contributed by atoms with van der Waals surface area (Å²) in [7, 11) is 2.08. The van der Waals surface area contributed by atoms with Gasteiger partial charge in [-0.15, -0.1) is 0 Å². The highest BCUT2D eigenvalue weighted by atomic mass is 15.2. The van der Waals surface area contributed by atoms with Crippen LogP contribution in [0.3, 0.4) is 0 Å². The molecule has 1 atom stereocenters. The van der Waals surface area contributed by atoms with Crippen molar-refractivity contribution in [1.82, 2.24) is 10.2 Å². The van der Waals surface area contributed by atoms with Gasteiger partial charge in [0.25, 0.3) is 0 Å². The lowest BCUT2D eigenvalue weighted by atomic mass is 10.0. The number of rotatable bonds is 3. The molecular formula is C10H17N3. The molecule has 1 aliphatic carbocycles. The van der Waals surface area contributed by atoms with Crippen LogP contribution in [0, 0.1) is 17.2 Å². The van der Waals surface area contributed by atoms with Crippen LogP contribution < -0.4 is 5.32 Å². The first-order chi connectivity index (χ1) is 6.24. The molecule has 72 valence electrons. The van der Waals surface area contributed by atoms with Gasteiger partial charge in [-0.05, 0) is 38.8 Å². The van der Waals surface area contributed by atoms with Crippen LogP contribution in [0.4, 0.5) is 0 Å². The van der Waals surface area contributed by atoms with E-state index in [1.807, 2.05) is 0 Å². The lowest BCUT2D eigenvalue weighted by Gasteiger charge is -2.22. The number of hydrogen-bond donors (Lipinski definition) is 1. The second kappa shape index (κ2) is 3.28. The maximum absolute atomic E-state index is 9.13. The van der Waals surface area contributed by atoms with Crippen LogP contribution in [0.2, 0.25) is 0 Å². The van der Waals surface area contributed by atoms with E-state index in [1.54, 1.807) is 0 Å². The summed E-state index contributed by atoms with van der Waals surface area (Å²) >= 11 is 0. The zero-order chi connectivity index (χ0) is 9.31. The van der Waals surface area contributed by atoms with Crippen LogP contribution in [0.25, 0.3) is 0 Å². The number of nitrogens with one attached hydrogen (secondary N) is 1. The molecule has 2 rings (SSSR count). The lowest BCUT2D eigenvalue weighted by Crippen LogP contribution is -2.46. The maximum Gasteiger partial charge on any atom is 0.120 e. The first kappa shape index (κ1) is 8.98. The van der Waals surface area contributed by atoms with Crippen molar-refractivity contribution in [2.24, 2.45) is 5.92 Å². The average Bonchev–Trinajstić information content (AvgIpc) is 2.88. The molecule has 1 saturated carbocycles. The third-order valence-corrected chi connectivity index (χ3v) is 3.10. The summed E-state index contributed by atoms with van der Waals surface area (Å²) in [6.07, 6.45) is 3.68. The lowest BCUT2D eigenvalue weighted by molar-refractivity contribution is 0.362. The smallest absolute Gasteiger partial charge is 0.120 e. The van der Waals surface area contributed by atoms with Crippen LogP contribution in [0.15, 0.2) is 0 Å². The monoisotopic (exact) mass is 179 g/mol. The molecule has 0 bridgehead atoms. The van der Waals surface area contributed by atoms with E-state index in [0.29, 0.717) is 0 Å². The van der Waals surface area contributed by atoms with Crippen molar-refractivity contribution in [2.75, 3.05) is 26.7 Å². The SMILES string of the molecule is CN1CCC(C#N)(NCC2CC2)C1. The van der Waals surface area contributed by atoms with Gasteiger partial charge in [-0.1, -0.05) is 0 Å². The minimum absolute atomic E-state index is 0.239. The number of nitriles is 1. The summed E-state index contributed by atoms with van der Waals surface area (Å²) in [6.45, 7) is 2.98. The highest BCUT2D eigenvalue weighted by Gasteiger charge is 2.37. The second-order valence-electron chi connectivity index (χ2n) is 4.51. The van der Waals surface area contributed by atoms with E-state index in [9.17, 15) is 0 Å². The zero-order valence-electron chi connectivity index (χ0n) is 8.21. The van der Waals surface area contributed by atoms with Crippen molar-refractivity contribution in [3.8, 4) is 6.07 Å². The summed E-state index contributed by atoms with van der Waals surface area (Å²) < 4.78 is 0. The van der Waals surface area contributed by atoms with Gasteiger partial charge in [0.2, 0.25) is 0 Å². The molecule has 0 aromatic carbocycles. The molecule has 3 nitrogen and oxygen atoms in total. The number of hydrogen-bond acceptors (Lipinski definition) is 3. The van der Waals surface area contributed by atoms with Crippen molar-refractivity contribution in [1.29, 1.82) is 5.26 Å². The van der Waals surface area contributed by atoms with Gasteiger partial charge in [0.05, 0.1) is 6.07 Å². The van der Waals surface area contributed by atoms with E-state index < -0.39 is 0 Å². The summed E-state index contributed by atoms with van der Waals surface area (Å²) in [5, 5.41) is 12.6. The Bertz CT molecular complexity index is 229. The molecule has 0 radical (unpaired) electrons. The maximum atomic E-state index is 9.13. The molecule has 3 heteroatoms. The summed E-state index contributed by atoms with van der Waals surface area (Å²) in [5.74, 6) is 0.858. The molecule has 0 amide bonds. The molecule has 1 aliphatic heterocycles. The van der Waals surface area contributed by atoms with Gasteiger partial charge in [-0.25, -0.2) is 0 Å². The van der Waals surface area contributed by atoms with Crippen molar-refractivity contribution < 1.29 is 0 Å². The molecule has 1 saturated heterocycles. The van der Waals surface area contributed by atoms with E-state index in [1.165, 1.54) is 12.8 Å². The molecule has 1 unspecified atom stereocenters. The fraction of sp³-hybridized carbons (Fsp3) is 0.900. The fourth-order valence-electron chi connectivity index (χ4n) is 1.94. The Morgan fingerprint density at radius 3 is 2.85 bits per heavy atom. The van der Waals surface area contributed by atoms with Gasteiger partial charge in [0.1, 0.15) is 5.54 Å². The summed E-state index contributed by atoms with van der Waals surface area (Å²) in [5.41, 5.74) is -0.239. The third-order valence-electron chi connectivity index (χ3n) is 3.10. The Balaban J connectivity index is 1.87. The van der Waals surface area contributed by atoms with Crippen molar-refractivity contribution in [3.63, 3.8) is 0 Å². The Morgan fingerprint density at radius 1 is 1.62 bits per heavy atom. The van der Waals surface area contributed by atoms with Crippen LogP contribution in [-0.4, -0.2) is 37.1 Å². The first-order valence-corrected chi connectivity index (χ1v) is 5.09. The topological polar surface area (TPSA) is 39.1 Å². The molecule has 0 aromatic rings. The zero-order valence-corrected chi connectivity index (χ0v) is 8.21. The summed E-state index contributed by atoms with van der Waals surface area (Å²) in [6, 6.07) is 2.44. The number of likely N-dealkylation sites (tertiary alicyclic amines) is 1. The minimum atomic E-state index is -0.239. The molecule has 1 heterocycles. The quantitative estimate of drug-likeness (QED) is 0.689. The molecule has 13 heavy (non-hydrogen) atoms. The second-order valence-corrected chi connectivity index (χ2v) is 4.51. The van der Waals surface area contributed by atoms with Gasteiger partial charge in [0, 0.05) is 13.1 Å². The van der Waals surface area contributed by atoms with E-state index in [-0.39, 0.29) is 5.54 Å². The van der Waals surface area contributed by atoms with Gasteiger partial charge in [-0.3, -0.25) is 5.32 Å². The van der Waals surface area contributed by atoms with Crippen LogP contribution in [0.5, 0.6) is 0 Å². The molecule has 2 aliphatic rings. The van der Waals surface area contributed by atoms with Crippen molar-refractivity contribution >= 4 is 0 Å². The Hall–Kier alpha value is -0.590. The molecule has 2 fully saturated rings. The fourth-order valence-corrected chi connectivity index (χ4v) is 1.94. The standard InChI is InChI=1S/C10H17N3/c1-13-5-4-10(7-11,8-13)12-6-9-2-3-9/h9,12H,2-6,8H2,1H3. The highest BCUT2D eigenvalue weighted by molar-refractivity contribution is 5.12. The van der Waals surface area contributed by atoms with E-state index in [0.717, 1.165) is 32.0 Å². The Kier molecular flexibility index (Phi) is 2.27. The third kappa shape index (κ3) is 2.01. The average molecular weight is 179 g/mol. The first-order valence-electron chi connectivity index (χ1n) is 5.09. The number of nitrogens with zero attached hydrogens (tertiary/aromatic N) is 2. The van der Waals surface area contributed by atoms with Gasteiger partial charge in [0.15, 0.2) is 0 Å². The molecule has 0 aromatic heterocycles. The number of likely N-dealkylation sites (N-methyl/N-ethyl adjacent to an activating group) is 1. The molecular weight excluding hydrogens is 162 g/mol. The van der Waals surface area contributed by atoms with E-state index in [4.69, 9.17) is 5.26 Å². The summed E-state index contributed by atoms with van der Waals surface area (Å²) in [4.78, 5) is 2.23. The Labute approximate surface area is 79.7 Å². The molecule has 1 N–H and O–H groups in total. The van der Waals surface area contributed by atoms with E-state index >= 15 is 0 Å². The predicted molar refractivity (Wildman–Crippen MR) is 51.2 cm³/mol. The van der Waals surface area contributed by atoms with Crippen molar-refractivity contribution in [3.05, 3.63) is 0 Å². The van der Waals surface area contributed by atoms with E-state index in [2.05, 4.69) is 23.3 Å². The largest absolute Gasteiger partial charge is 0.303 e.